The molecular formula is C24H33N3O5S. The molecule has 2 aromatic rings. The van der Waals surface area contributed by atoms with Gasteiger partial charge >= 0.3 is 0 Å². The molecule has 1 saturated carbocycles. The summed E-state index contributed by atoms with van der Waals surface area (Å²) >= 11 is 0. The summed E-state index contributed by atoms with van der Waals surface area (Å²) in [6.45, 7) is 4.42. The van der Waals surface area contributed by atoms with Gasteiger partial charge in [-0.2, -0.15) is 0 Å². The van der Waals surface area contributed by atoms with E-state index < -0.39 is 16.1 Å². The molecule has 1 aliphatic carbocycles. The Balaban J connectivity index is 1.45. The van der Waals surface area contributed by atoms with Crippen molar-refractivity contribution >= 4 is 21.8 Å². The van der Waals surface area contributed by atoms with Crippen molar-refractivity contribution in [3.05, 3.63) is 54.5 Å². The van der Waals surface area contributed by atoms with Crippen LogP contribution in [0.1, 0.15) is 45.3 Å². The Bertz CT molecular complexity index is 998. The van der Waals surface area contributed by atoms with Crippen LogP contribution in [0.4, 0.5) is 0 Å². The van der Waals surface area contributed by atoms with E-state index >= 15 is 0 Å². The van der Waals surface area contributed by atoms with Crippen LogP contribution in [0.15, 0.2) is 58.0 Å². The van der Waals surface area contributed by atoms with Gasteiger partial charge in [-0.15, -0.1) is 0 Å². The van der Waals surface area contributed by atoms with E-state index in [0.717, 1.165) is 12.8 Å². The van der Waals surface area contributed by atoms with Gasteiger partial charge in [0, 0.05) is 12.5 Å². The van der Waals surface area contributed by atoms with Crippen LogP contribution >= 0.6 is 0 Å². The van der Waals surface area contributed by atoms with Gasteiger partial charge in [-0.3, -0.25) is 9.59 Å². The first-order chi connectivity index (χ1) is 15.8. The summed E-state index contributed by atoms with van der Waals surface area (Å²) in [5, 5.41) is 5.73. The number of carbonyl (C=O) groups excluding carboxylic acids is 2. The molecule has 0 saturated heterocycles. The van der Waals surface area contributed by atoms with Crippen molar-refractivity contribution in [1.29, 1.82) is 0 Å². The average molecular weight is 476 g/mol. The highest BCUT2D eigenvalue weighted by Gasteiger charge is 2.31. The predicted octanol–water partition coefficient (Wildman–Crippen LogP) is 2.82. The highest BCUT2D eigenvalue weighted by Crippen LogP contribution is 2.29. The summed E-state index contributed by atoms with van der Waals surface area (Å²) < 4.78 is 32.7. The van der Waals surface area contributed by atoms with Gasteiger partial charge in [0.2, 0.25) is 21.8 Å². The highest BCUT2D eigenvalue weighted by molar-refractivity contribution is 7.89. The minimum Gasteiger partial charge on any atom is -0.467 e. The highest BCUT2D eigenvalue weighted by atomic mass is 32.2. The van der Waals surface area contributed by atoms with Crippen LogP contribution in [-0.2, 0) is 26.2 Å². The normalized spacial score (nSPS) is 19.7. The standard InChI is InChI=1S/C24H33N3O5S/c1-17(2)22(24(29)25-16-20-7-6-14-32-20)27-23(28)19-12-10-18(11-13-19)15-26-33(30,31)21-8-4-3-5-9-21/h3-9,14,17-19,22,26H,10-13,15-16H2,1-2H3,(H,25,29)(H,27,28)/t18?,19?,22-/m0/s1. The van der Waals surface area contributed by atoms with Gasteiger partial charge in [-0.05, 0) is 61.8 Å². The molecule has 9 heteroatoms. The lowest BCUT2D eigenvalue weighted by Gasteiger charge is -2.30. The Hall–Kier alpha value is -2.65. The average Bonchev–Trinajstić information content (AvgIpc) is 3.34. The fourth-order valence-electron chi connectivity index (χ4n) is 4.04. The van der Waals surface area contributed by atoms with Crippen molar-refractivity contribution in [3.8, 4) is 0 Å². The van der Waals surface area contributed by atoms with E-state index in [2.05, 4.69) is 15.4 Å². The van der Waals surface area contributed by atoms with Crippen LogP contribution in [0.3, 0.4) is 0 Å². The third kappa shape index (κ3) is 7.17. The molecule has 0 unspecified atom stereocenters. The quantitative estimate of drug-likeness (QED) is 0.488. The van der Waals surface area contributed by atoms with Crippen LogP contribution in [0.5, 0.6) is 0 Å². The molecular weight excluding hydrogens is 442 g/mol. The molecule has 0 radical (unpaired) electrons. The maximum absolute atomic E-state index is 12.8. The molecule has 1 aromatic heterocycles. The number of benzene rings is 1. The molecule has 0 spiro atoms. The maximum Gasteiger partial charge on any atom is 0.243 e. The third-order valence-corrected chi connectivity index (χ3v) is 7.54. The molecule has 3 rings (SSSR count). The molecule has 1 aliphatic rings. The number of furan rings is 1. The SMILES string of the molecule is CC(C)[C@H](NC(=O)C1CCC(CNS(=O)(=O)c2ccccc2)CC1)C(=O)NCc1ccco1. The lowest BCUT2D eigenvalue weighted by Crippen LogP contribution is -2.51. The Morgan fingerprint density at radius 3 is 2.33 bits per heavy atom. The van der Waals surface area contributed by atoms with Gasteiger partial charge in [-0.1, -0.05) is 32.0 Å². The van der Waals surface area contributed by atoms with Crippen LogP contribution in [0.25, 0.3) is 0 Å². The lowest BCUT2D eigenvalue weighted by molar-refractivity contribution is -0.133. The molecule has 1 atom stereocenters. The maximum atomic E-state index is 12.8. The third-order valence-electron chi connectivity index (χ3n) is 6.10. The zero-order valence-corrected chi connectivity index (χ0v) is 19.9. The largest absolute Gasteiger partial charge is 0.467 e. The molecule has 1 fully saturated rings. The zero-order valence-electron chi connectivity index (χ0n) is 19.1. The molecule has 2 amide bonds. The van der Waals surface area contributed by atoms with E-state index in [9.17, 15) is 18.0 Å². The molecule has 1 heterocycles. The number of amides is 2. The Kier molecular flexibility index (Phi) is 8.68. The summed E-state index contributed by atoms with van der Waals surface area (Å²) in [6.07, 6.45) is 4.40. The van der Waals surface area contributed by atoms with Crippen molar-refractivity contribution in [3.63, 3.8) is 0 Å². The predicted molar refractivity (Wildman–Crippen MR) is 124 cm³/mol. The molecule has 0 aliphatic heterocycles. The lowest BCUT2D eigenvalue weighted by atomic mass is 9.81. The van der Waals surface area contributed by atoms with Crippen molar-refractivity contribution in [2.24, 2.45) is 17.8 Å². The number of rotatable bonds is 10. The topological polar surface area (TPSA) is 118 Å². The number of hydrogen-bond donors (Lipinski definition) is 3. The van der Waals surface area contributed by atoms with E-state index in [4.69, 9.17) is 4.42 Å². The molecule has 33 heavy (non-hydrogen) atoms. The second kappa shape index (κ2) is 11.5. The van der Waals surface area contributed by atoms with E-state index in [0.29, 0.717) is 25.1 Å². The Morgan fingerprint density at radius 2 is 1.73 bits per heavy atom. The van der Waals surface area contributed by atoms with Crippen LogP contribution < -0.4 is 15.4 Å². The van der Waals surface area contributed by atoms with Gasteiger partial charge in [0.15, 0.2) is 0 Å². The van der Waals surface area contributed by atoms with Crippen molar-refractivity contribution in [1.82, 2.24) is 15.4 Å². The van der Waals surface area contributed by atoms with Crippen LogP contribution in [0.2, 0.25) is 0 Å². The van der Waals surface area contributed by atoms with Gasteiger partial charge in [-0.25, -0.2) is 13.1 Å². The summed E-state index contributed by atoms with van der Waals surface area (Å²) in [7, 11) is -3.53. The molecule has 3 N–H and O–H groups in total. The van der Waals surface area contributed by atoms with Gasteiger partial charge in [0.25, 0.3) is 0 Å². The number of hydrogen-bond acceptors (Lipinski definition) is 5. The van der Waals surface area contributed by atoms with E-state index in [1.165, 1.54) is 0 Å². The Labute approximate surface area is 195 Å². The summed E-state index contributed by atoms with van der Waals surface area (Å²) in [5.74, 6) is 0.243. The van der Waals surface area contributed by atoms with E-state index in [1.807, 2.05) is 13.8 Å². The number of carbonyl (C=O) groups is 2. The second-order valence-corrected chi connectivity index (χ2v) is 10.7. The minimum atomic E-state index is -3.53. The van der Waals surface area contributed by atoms with Crippen molar-refractivity contribution < 1.29 is 22.4 Å². The Morgan fingerprint density at radius 1 is 1.03 bits per heavy atom. The summed E-state index contributed by atoms with van der Waals surface area (Å²) in [5.41, 5.74) is 0. The first-order valence-corrected chi connectivity index (χ1v) is 12.9. The van der Waals surface area contributed by atoms with Crippen molar-refractivity contribution in [2.45, 2.75) is 57.0 Å². The monoisotopic (exact) mass is 475 g/mol. The number of nitrogens with one attached hydrogen (secondary N) is 3. The van der Waals surface area contributed by atoms with E-state index in [-0.39, 0.29) is 41.0 Å². The molecule has 180 valence electrons. The van der Waals surface area contributed by atoms with Crippen LogP contribution in [-0.4, -0.2) is 32.8 Å². The fourth-order valence-corrected chi connectivity index (χ4v) is 5.18. The van der Waals surface area contributed by atoms with Crippen molar-refractivity contribution in [2.75, 3.05) is 6.54 Å². The second-order valence-electron chi connectivity index (χ2n) is 8.91. The molecule has 0 bridgehead atoms. The number of sulfonamides is 1. The van der Waals surface area contributed by atoms with Gasteiger partial charge in [0.1, 0.15) is 11.8 Å². The first kappa shape index (κ1) is 25.0. The smallest absolute Gasteiger partial charge is 0.243 e. The zero-order chi connectivity index (χ0) is 23.8. The summed E-state index contributed by atoms with van der Waals surface area (Å²) in [4.78, 5) is 25.7. The van der Waals surface area contributed by atoms with Gasteiger partial charge in [0.05, 0.1) is 17.7 Å². The van der Waals surface area contributed by atoms with Gasteiger partial charge < -0.3 is 15.1 Å². The minimum absolute atomic E-state index is 0.0608. The van der Waals surface area contributed by atoms with E-state index in [1.54, 1.807) is 48.7 Å². The first-order valence-electron chi connectivity index (χ1n) is 11.4. The molecule has 8 nitrogen and oxygen atoms in total. The fraction of sp³-hybridized carbons (Fsp3) is 0.500. The summed E-state index contributed by atoms with van der Waals surface area (Å²) in [6, 6.07) is 11.2. The molecule has 1 aromatic carbocycles. The van der Waals surface area contributed by atoms with Crippen LogP contribution in [0, 0.1) is 17.8 Å².